The van der Waals surface area contributed by atoms with Crippen LogP contribution in [0.3, 0.4) is 0 Å². The van der Waals surface area contributed by atoms with E-state index in [0.29, 0.717) is 4.90 Å². The minimum atomic E-state index is -4.27. The Bertz CT molecular complexity index is 1080. The molecule has 0 bridgehead atoms. The lowest BCUT2D eigenvalue weighted by atomic mass is 9.72. The van der Waals surface area contributed by atoms with Gasteiger partial charge in [0.1, 0.15) is 5.75 Å². The molecule has 3 heteroatoms. The van der Waals surface area contributed by atoms with E-state index in [1.807, 2.05) is 0 Å². The SMILES string of the molecule is [2H]c1c([2H])c(C(C([2H])([2H])N(C)C)C2(O)C([2H])([2H])C([2H])([2H])C([2H])([2H])C([2H])([2H])C2([2H])[2H])c([2H])c([2H])c1OC([2H])([2H])[2H]. The number of methoxy groups -OCH3 is 1. The van der Waals surface area contributed by atoms with Gasteiger partial charge in [0.2, 0.25) is 0 Å². The van der Waals surface area contributed by atoms with Crippen LogP contribution in [0.25, 0.3) is 0 Å². The van der Waals surface area contributed by atoms with Crippen LogP contribution in [-0.4, -0.2) is 43.2 Å². The van der Waals surface area contributed by atoms with Crippen molar-refractivity contribution < 1.29 is 35.9 Å². The third kappa shape index (κ3) is 3.53. The second-order valence-electron chi connectivity index (χ2n) is 4.19. The van der Waals surface area contributed by atoms with Gasteiger partial charge in [-0.25, -0.2) is 0 Å². The summed E-state index contributed by atoms with van der Waals surface area (Å²) in [6, 6.07) is -5.13. The maximum atomic E-state index is 11.9. The van der Waals surface area contributed by atoms with Crippen LogP contribution in [0.1, 0.15) is 69.4 Å². The molecule has 1 aliphatic rings. The normalized spacial score (nSPS) is 47.7. The molecule has 1 unspecified atom stereocenters. The van der Waals surface area contributed by atoms with E-state index in [2.05, 4.69) is 4.74 Å². The van der Waals surface area contributed by atoms with Crippen LogP contribution < -0.4 is 4.74 Å². The first kappa shape index (κ1) is 4.02. The molecule has 1 aliphatic carbocycles. The molecule has 1 N–H and O–H groups in total. The highest BCUT2D eigenvalue weighted by Crippen LogP contribution is 2.40. The van der Waals surface area contributed by atoms with Crippen molar-refractivity contribution in [2.75, 3.05) is 27.6 Å². The Balaban J connectivity index is 3.24. The molecule has 112 valence electrons. The van der Waals surface area contributed by atoms with Crippen LogP contribution >= 0.6 is 0 Å². The predicted octanol–water partition coefficient (Wildman–Crippen LogP) is 3.04. The zero-order valence-electron chi connectivity index (χ0n) is 29.9. The Hall–Kier alpha value is -1.06. The van der Waals surface area contributed by atoms with Gasteiger partial charge in [-0.2, -0.15) is 0 Å². The Morgan fingerprint density at radius 3 is 2.60 bits per heavy atom. The molecule has 1 aromatic carbocycles. The quantitative estimate of drug-likeness (QED) is 0.906. The molecule has 0 amide bonds. The molecule has 2 rings (SSSR count). The van der Waals surface area contributed by atoms with Gasteiger partial charge in [-0.15, -0.1) is 0 Å². The van der Waals surface area contributed by atoms with Gasteiger partial charge in [-0.1, -0.05) is 31.2 Å². The zero-order chi connectivity index (χ0) is 31.3. The van der Waals surface area contributed by atoms with Crippen LogP contribution in [0.15, 0.2) is 24.2 Å². The molecule has 0 spiro atoms. The summed E-state index contributed by atoms with van der Waals surface area (Å²) in [5.74, 6) is -4.12. The van der Waals surface area contributed by atoms with E-state index < -0.39 is 92.4 Å². The first-order chi connectivity index (χ1) is 16.9. The average Bonchev–Trinajstić information content (AvgIpc) is 2.75. The van der Waals surface area contributed by atoms with E-state index in [1.54, 1.807) is 0 Å². The van der Waals surface area contributed by atoms with Gasteiger partial charge >= 0.3 is 0 Å². The summed E-state index contributed by atoms with van der Waals surface area (Å²) in [5, 5.41) is 11.9. The monoisotopic (exact) mass is 296 g/mol. The van der Waals surface area contributed by atoms with Crippen molar-refractivity contribution in [1.82, 2.24) is 4.90 Å². The molecule has 1 atom stereocenters. The number of nitrogens with zero attached hydrogens (tertiary/aromatic N) is 1. The number of rotatable bonds is 5. The third-order valence-corrected chi connectivity index (χ3v) is 2.45. The van der Waals surface area contributed by atoms with Gasteiger partial charge in [0.15, 0.2) is 0 Å². The molecule has 1 aromatic rings. The van der Waals surface area contributed by atoms with E-state index in [0.717, 1.165) is 14.1 Å². The second-order valence-corrected chi connectivity index (χ2v) is 4.19. The van der Waals surface area contributed by atoms with Crippen molar-refractivity contribution in [3.63, 3.8) is 0 Å². The van der Waals surface area contributed by atoms with Gasteiger partial charge in [-0.3, -0.25) is 0 Å². The van der Waals surface area contributed by atoms with Gasteiger partial charge in [0, 0.05) is 28.9 Å². The maximum absolute atomic E-state index is 11.9. The summed E-state index contributed by atoms with van der Waals surface area (Å²) in [5.41, 5.74) is -5.53. The standard InChI is InChI=1S/C17H27NO2/c1-18(2)13-16(17(19)11-5-4-6-12-17)14-7-9-15(20-3)10-8-14/h7-10,16,19H,4-6,11-13H2,1-3H3/i3D3,4D2,5D2,6D2,7D,8D,9D,10D,11D2,12D2,13D2. The largest absolute Gasteiger partial charge is 0.497 e. The zero-order valence-corrected chi connectivity index (χ0v) is 10.9. The lowest BCUT2D eigenvalue weighted by Gasteiger charge is -2.40. The van der Waals surface area contributed by atoms with Crippen molar-refractivity contribution in [1.29, 1.82) is 0 Å². The number of aliphatic hydroxyl groups is 1. The number of benzene rings is 1. The molecule has 0 radical (unpaired) electrons. The summed E-state index contributed by atoms with van der Waals surface area (Å²) < 4.78 is 159. The highest BCUT2D eigenvalue weighted by molar-refractivity contribution is 5.31. The second kappa shape index (κ2) is 6.59. The van der Waals surface area contributed by atoms with E-state index >= 15 is 0 Å². The fraction of sp³-hybridized carbons (Fsp3) is 0.647. The van der Waals surface area contributed by atoms with Crippen molar-refractivity contribution in [3.05, 3.63) is 29.7 Å². The Morgan fingerprint density at radius 2 is 2.05 bits per heavy atom. The molecule has 20 heavy (non-hydrogen) atoms. The molecular formula is C17H27NO2. The van der Waals surface area contributed by atoms with Crippen molar-refractivity contribution >= 4 is 0 Å². The van der Waals surface area contributed by atoms with Crippen molar-refractivity contribution in [2.45, 2.75) is 43.4 Å². The fourth-order valence-electron chi connectivity index (χ4n) is 1.59. The lowest BCUT2D eigenvalue weighted by molar-refractivity contribution is -0.0277. The molecule has 1 saturated carbocycles. The molecular weight excluding hydrogens is 250 g/mol. The number of hydrogen-bond acceptors (Lipinski definition) is 3. The Kier molecular flexibility index (Phi) is 1.33. The van der Waals surface area contributed by atoms with Crippen LogP contribution in [0.2, 0.25) is 0 Å². The molecule has 0 heterocycles. The van der Waals surface area contributed by atoms with Crippen molar-refractivity contribution in [3.8, 4) is 5.75 Å². The van der Waals surface area contributed by atoms with Gasteiger partial charge in [-0.05, 0) is 44.5 Å². The van der Waals surface area contributed by atoms with E-state index in [-0.39, 0.29) is 0 Å². The number of likely N-dealkylation sites (N-methyl/N-ethyl adjacent to an activating group) is 1. The van der Waals surface area contributed by atoms with Crippen LogP contribution in [0.5, 0.6) is 5.75 Å². The fourth-order valence-corrected chi connectivity index (χ4v) is 1.59. The summed E-state index contributed by atoms with van der Waals surface area (Å²) in [4.78, 5) is 0.606. The summed E-state index contributed by atoms with van der Waals surface area (Å²) in [7, 11) is -1.29. The van der Waals surface area contributed by atoms with Crippen LogP contribution in [-0.2, 0) is 0 Å². The Labute approximate surface area is 149 Å². The summed E-state index contributed by atoms with van der Waals surface area (Å²) in [6.07, 6.45) is -20.5. The third-order valence-electron chi connectivity index (χ3n) is 2.45. The number of hydrogen-bond donors (Lipinski definition) is 1. The number of ether oxygens (including phenoxy) is 1. The molecule has 0 aliphatic heterocycles. The predicted molar refractivity (Wildman–Crippen MR) is 82.3 cm³/mol. The minimum absolute atomic E-state index is 0.606. The smallest absolute Gasteiger partial charge is 0.118 e. The maximum Gasteiger partial charge on any atom is 0.118 e. The van der Waals surface area contributed by atoms with Gasteiger partial charge < -0.3 is 14.7 Å². The van der Waals surface area contributed by atoms with Crippen LogP contribution in [0.4, 0.5) is 0 Å². The first-order valence-corrected chi connectivity index (χ1v) is 5.62. The minimum Gasteiger partial charge on any atom is -0.497 e. The topological polar surface area (TPSA) is 32.7 Å². The van der Waals surface area contributed by atoms with Gasteiger partial charge in [0.05, 0.1) is 22.2 Å². The molecule has 0 saturated heterocycles. The molecule has 0 aromatic heterocycles. The van der Waals surface area contributed by atoms with Crippen molar-refractivity contribution in [2.24, 2.45) is 0 Å². The summed E-state index contributed by atoms with van der Waals surface area (Å²) in [6.45, 7) is -3.30. The Morgan fingerprint density at radius 1 is 1.40 bits per heavy atom. The first-order valence-electron chi connectivity index (χ1n) is 15.1. The highest BCUT2D eigenvalue weighted by Gasteiger charge is 2.38. The summed E-state index contributed by atoms with van der Waals surface area (Å²) >= 11 is 0. The van der Waals surface area contributed by atoms with E-state index in [4.69, 9.17) is 26.0 Å². The average molecular weight is 297 g/mol. The van der Waals surface area contributed by atoms with Gasteiger partial charge in [0.25, 0.3) is 0 Å². The lowest BCUT2D eigenvalue weighted by Crippen LogP contribution is -2.42. The highest BCUT2D eigenvalue weighted by atomic mass is 16.5. The van der Waals surface area contributed by atoms with E-state index in [9.17, 15) is 5.11 Å². The molecule has 3 nitrogen and oxygen atoms in total. The molecule has 1 fully saturated rings. The van der Waals surface area contributed by atoms with Crippen LogP contribution in [0, 0.1) is 0 Å². The van der Waals surface area contributed by atoms with E-state index in [1.165, 1.54) is 0 Å².